The molecule has 1 unspecified atom stereocenters. The lowest BCUT2D eigenvalue weighted by atomic mass is 9.78. The molecular weight excluding hydrogens is 691 g/mol. The normalized spacial score (nSPS) is 17.0. The molecule has 262 valence electrons. The molecule has 1 atom stereocenters. The Bertz CT molecular complexity index is 2840. The molecule has 4 heterocycles. The number of benzene rings is 6. The zero-order valence-electron chi connectivity index (χ0n) is 30.0. The van der Waals surface area contributed by atoms with E-state index < -0.39 is 18.3 Å². The summed E-state index contributed by atoms with van der Waals surface area (Å²) in [6.45, 7) is 6.30. The van der Waals surface area contributed by atoms with E-state index >= 15 is 0 Å². The number of rotatable bonds is 6. The van der Waals surface area contributed by atoms with Crippen LogP contribution in [0.5, 0.6) is 0 Å². The molecule has 0 amide bonds. The highest BCUT2D eigenvalue weighted by atomic mass is 35.5. The molecule has 1 aliphatic heterocycles. The average Bonchev–Trinajstić information content (AvgIpc) is 3.80. The van der Waals surface area contributed by atoms with Gasteiger partial charge in [0, 0.05) is 50.8 Å². The van der Waals surface area contributed by atoms with Gasteiger partial charge in [-0.05, 0) is 73.7 Å². The van der Waals surface area contributed by atoms with Crippen molar-refractivity contribution in [2.24, 2.45) is 0 Å². The van der Waals surface area contributed by atoms with E-state index in [1.54, 1.807) is 0 Å². The van der Waals surface area contributed by atoms with E-state index in [0.29, 0.717) is 18.1 Å². The number of hydrogen-bond donors (Lipinski definition) is 0. The topological polar surface area (TPSA) is 75.2 Å². The van der Waals surface area contributed by atoms with Crippen LogP contribution in [0.4, 0.5) is 0 Å². The van der Waals surface area contributed by atoms with E-state index in [9.17, 15) is 0 Å². The molecule has 0 radical (unpaired) electrons. The lowest BCUT2D eigenvalue weighted by Crippen LogP contribution is -2.46. The molecule has 1 saturated heterocycles. The second kappa shape index (κ2) is 12.4. The minimum absolute atomic E-state index is 0.157. The van der Waals surface area contributed by atoms with Gasteiger partial charge in [0.15, 0.2) is 11.6 Å². The highest BCUT2D eigenvalue weighted by molar-refractivity contribution is 6.62. The summed E-state index contributed by atoms with van der Waals surface area (Å²) < 4.78 is 22.3. The van der Waals surface area contributed by atoms with E-state index in [0.717, 1.165) is 49.8 Å². The maximum atomic E-state index is 6.80. The molecule has 0 spiro atoms. The first-order valence-electron chi connectivity index (χ1n) is 18.1. The van der Waals surface area contributed by atoms with Crippen LogP contribution in [0.15, 0.2) is 144 Å². The fourth-order valence-corrected chi connectivity index (χ4v) is 7.97. The summed E-state index contributed by atoms with van der Waals surface area (Å²) in [7, 11) is -0.557. The Balaban J connectivity index is 0.920. The van der Waals surface area contributed by atoms with Crippen molar-refractivity contribution in [2.75, 3.05) is 0 Å². The summed E-state index contributed by atoms with van der Waals surface area (Å²) >= 11 is 6.32. The number of hydrogen-bond acceptors (Lipinski definition) is 6. The van der Waals surface area contributed by atoms with Gasteiger partial charge in [0.2, 0.25) is 5.28 Å². The Morgan fingerprint density at radius 1 is 0.593 bits per heavy atom. The molecular formula is C45H34BClN4O3. The Morgan fingerprint density at radius 2 is 1.19 bits per heavy atom. The molecule has 6 aromatic carbocycles. The fraction of sp³-hybridized carbons (Fsp3) is 0.133. The van der Waals surface area contributed by atoms with Crippen LogP contribution in [0.2, 0.25) is 5.28 Å². The summed E-state index contributed by atoms with van der Waals surface area (Å²) in [5.41, 5.74) is 7.58. The van der Waals surface area contributed by atoms with E-state index in [2.05, 4.69) is 132 Å². The third-order valence-electron chi connectivity index (χ3n) is 11.0. The standard InChI is InChI=1S/C45H34BClN4O3/c1-44(2)45(3,27-28-17-19-30(20-18-28)42-48-41(49-43(47)50-42)29-11-5-4-6-12-29)54-46(53-44)31-21-23-35-36-24-22-32(26-40(36)52-39(35)25-31)51-37-15-9-7-13-33(37)34-14-8-10-16-38(34)51/h4-26H,27H2,1-3H3. The minimum atomic E-state index is -0.615. The monoisotopic (exact) mass is 724 g/mol. The molecule has 0 aliphatic carbocycles. The predicted octanol–water partition coefficient (Wildman–Crippen LogP) is 10.4. The highest BCUT2D eigenvalue weighted by Crippen LogP contribution is 2.41. The molecule has 1 aliphatic rings. The van der Waals surface area contributed by atoms with Crippen molar-refractivity contribution in [1.29, 1.82) is 0 Å². The van der Waals surface area contributed by atoms with E-state index in [-0.39, 0.29) is 5.28 Å². The second-order valence-corrected chi connectivity index (χ2v) is 15.0. The van der Waals surface area contributed by atoms with Gasteiger partial charge in [-0.25, -0.2) is 4.98 Å². The van der Waals surface area contributed by atoms with Crippen molar-refractivity contribution < 1.29 is 13.7 Å². The molecule has 10 rings (SSSR count). The average molecular weight is 725 g/mol. The van der Waals surface area contributed by atoms with Gasteiger partial charge >= 0.3 is 7.12 Å². The van der Waals surface area contributed by atoms with Gasteiger partial charge in [0.1, 0.15) is 11.2 Å². The van der Waals surface area contributed by atoms with E-state index in [1.165, 1.54) is 21.8 Å². The first-order valence-corrected chi connectivity index (χ1v) is 18.5. The number of nitrogens with zero attached hydrogens (tertiary/aromatic N) is 4. The molecule has 3 aromatic heterocycles. The van der Waals surface area contributed by atoms with Crippen molar-refractivity contribution in [1.82, 2.24) is 19.5 Å². The van der Waals surface area contributed by atoms with Crippen LogP contribution < -0.4 is 5.46 Å². The number of aromatic nitrogens is 4. The van der Waals surface area contributed by atoms with Crippen LogP contribution in [-0.2, 0) is 15.7 Å². The van der Waals surface area contributed by atoms with Gasteiger partial charge in [-0.2, -0.15) is 9.97 Å². The summed E-state index contributed by atoms with van der Waals surface area (Å²) in [6, 6.07) is 47.8. The van der Waals surface area contributed by atoms with Crippen LogP contribution >= 0.6 is 11.6 Å². The lowest BCUT2D eigenvalue weighted by molar-refractivity contribution is -0.00876. The third kappa shape index (κ3) is 5.40. The molecule has 9 aromatic rings. The first kappa shape index (κ1) is 32.8. The summed E-state index contributed by atoms with van der Waals surface area (Å²) in [5, 5.41) is 4.74. The lowest BCUT2D eigenvalue weighted by Gasteiger charge is -2.36. The maximum absolute atomic E-state index is 6.80. The molecule has 54 heavy (non-hydrogen) atoms. The van der Waals surface area contributed by atoms with Crippen molar-refractivity contribution in [3.05, 3.63) is 150 Å². The maximum Gasteiger partial charge on any atom is 0.494 e. The Hall–Kier alpha value is -5.80. The van der Waals surface area contributed by atoms with Crippen LogP contribution in [0.1, 0.15) is 26.3 Å². The van der Waals surface area contributed by atoms with Crippen LogP contribution in [0, 0.1) is 0 Å². The second-order valence-electron chi connectivity index (χ2n) is 14.7. The predicted molar refractivity (Wildman–Crippen MR) is 218 cm³/mol. The number of halogens is 1. The third-order valence-corrected chi connectivity index (χ3v) is 11.2. The van der Waals surface area contributed by atoms with Gasteiger partial charge in [0.25, 0.3) is 0 Å². The summed E-state index contributed by atoms with van der Waals surface area (Å²) in [6.07, 6.45) is 0.641. The zero-order chi connectivity index (χ0) is 36.6. The zero-order valence-corrected chi connectivity index (χ0v) is 30.7. The van der Waals surface area contributed by atoms with E-state index in [4.69, 9.17) is 30.3 Å². The molecule has 7 nitrogen and oxygen atoms in total. The largest absolute Gasteiger partial charge is 0.494 e. The molecule has 0 N–H and O–H groups in total. The van der Waals surface area contributed by atoms with Crippen molar-refractivity contribution in [3.63, 3.8) is 0 Å². The van der Waals surface area contributed by atoms with Gasteiger partial charge < -0.3 is 18.3 Å². The Labute approximate surface area is 317 Å². The van der Waals surface area contributed by atoms with Gasteiger partial charge in [0.05, 0.1) is 22.2 Å². The fourth-order valence-electron chi connectivity index (χ4n) is 7.81. The molecule has 1 fully saturated rings. The van der Waals surface area contributed by atoms with Gasteiger partial charge in [-0.1, -0.05) is 103 Å². The smallest absolute Gasteiger partial charge is 0.456 e. The molecule has 9 heteroatoms. The molecule has 0 bridgehead atoms. The van der Waals surface area contributed by atoms with Crippen molar-refractivity contribution in [2.45, 2.75) is 38.4 Å². The SMILES string of the molecule is CC1(C)OB(c2ccc3c(c2)oc2cc(-n4c5ccccc5c5ccccc54)ccc23)OC1(C)Cc1ccc(-c2nc(Cl)nc(-c3ccccc3)n2)cc1. The number of fused-ring (bicyclic) bond motifs is 6. The van der Waals surface area contributed by atoms with Crippen molar-refractivity contribution in [3.8, 4) is 28.5 Å². The highest BCUT2D eigenvalue weighted by Gasteiger charge is 2.54. The van der Waals surface area contributed by atoms with Gasteiger partial charge in [-0.15, -0.1) is 0 Å². The first-order chi connectivity index (χ1) is 26.2. The van der Waals surface area contributed by atoms with E-state index in [1.807, 2.05) is 42.5 Å². The summed E-state index contributed by atoms with van der Waals surface area (Å²) in [5.74, 6) is 1.06. The molecule has 0 saturated carbocycles. The number of para-hydroxylation sites is 2. The summed E-state index contributed by atoms with van der Waals surface area (Å²) in [4.78, 5) is 13.4. The van der Waals surface area contributed by atoms with Crippen LogP contribution in [0.3, 0.4) is 0 Å². The van der Waals surface area contributed by atoms with Crippen LogP contribution in [0.25, 0.3) is 72.2 Å². The minimum Gasteiger partial charge on any atom is -0.456 e. The van der Waals surface area contributed by atoms with Crippen LogP contribution in [-0.4, -0.2) is 37.8 Å². The number of furan rings is 1. The Kier molecular flexibility index (Phi) is 7.53. The Morgan fingerprint density at radius 3 is 1.87 bits per heavy atom. The van der Waals surface area contributed by atoms with Gasteiger partial charge in [-0.3, -0.25) is 0 Å². The van der Waals surface area contributed by atoms with Crippen molar-refractivity contribution >= 4 is 67.9 Å². The quantitative estimate of drug-likeness (QED) is 0.159.